The highest BCUT2D eigenvalue weighted by atomic mass is 19.4. The molecule has 8 nitrogen and oxygen atoms in total. The van der Waals surface area contributed by atoms with Gasteiger partial charge in [-0.05, 0) is 64.0 Å². The highest BCUT2D eigenvalue weighted by Gasteiger charge is 2.38. The summed E-state index contributed by atoms with van der Waals surface area (Å²) in [5, 5.41) is 16.1. The summed E-state index contributed by atoms with van der Waals surface area (Å²) in [5.74, 6) is -3.86. The standard InChI is InChI=1S/C26H33F3N4O2.C2HF3O2/c1-17-7-9-18(10-8-17)15-30-23-14-21(33(2)3)11-12-22(23)32-24(34)16-31-25(35)19-5-4-6-20(13-19)26(27,28)29;3-2(4,5)1(6)7/h4-10,13,21-23,30H,11-12,14-16H2,1-3H3,(H,31,35)(H,32,34);(H,6,7). The number of nitrogens with zero attached hydrogens (tertiary/aromatic N) is 1. The van der Waals surface area contributed by atoms with E-state index in [2.05, 4.69) is 45.1 Å². The topological polar surface area (TPSA) is 111 Å². The summed E-state index contributed by atoms with van der Waals surface area (Å²) in [6, 6.07) is 12.7. The number of carbonyl (C=O) groups is 3. The number of benzene rings is 2. The van der Waals surface area contributed by atoms with Gasteiger partial charge in [-0.1, -0.05) is 35.9 Å². The number of rotatable bonds is 8. The zero-order valence-electron chi connectivity index (χ0n) is 23.3. The molecule has 0 heterocycles. The Labute approximate surface area is 239 Å². The monoisotopic (exact) mass is 604 g/mol. The predicted molar refractivity (Wildman–Crippen MR) is 143 cm³/mol. The molecule has 2 amide bonds. The number of hydrogen-bond donors (Lipinski definition) is 4. The van der Waals surface area contributed by atoms with E-state index in [-0.39, 0.29) is 30.1 Å². The van der Waals surface area contributed by atoms with Crippen LogP contribution in [0, 0.1) is 6.92 Å². The lowest BCUT2D eigenvalue weighted by Gasteiger charge is -2.39. The normalized spacial score (nSPS) is 19.0. The molecule has 232 valence electrons. The van der Waals surface area contributed by atoms with Crippen molar-refractivity contribution < 1.29 is 45.8 Å². The van der Waals surface area contributed by atoms with Crippen LogP contribution in [0.15, 0.2) is 48.5 Å². The maximum Gasteiger partial charge on any atom is 0.490 e. The van der Waals surface area contributed by atoms with Gasteiger partial charge in [0, 0.05) is 30.2 Å². The molecule has 0 spiro atoms. The van der Waals surface area contributed by atoms with E-state index in [1.807, 2.05) is 21.0 Å². The molecule has 1 saturated carbocycles. The fourth-order valence-electron chi connectivity index (χ4n) is 4.33. The van der Waals surface area contributed by atoms with Gasteiger partial charge in [-0.3, -0.25) is 9.59 Å². The Bertz CT molecular complexity index is 1200. The third kappa shape index (κ3) is 11.3. The molecular weight excluding hydrogens is 570 g/mol. The zero-order valence-corrected chi connectivity index (χ0v) is 23.3. The largest absolute Gasteiger partial charge is 0.490 e. The minimum Gasteiger partial charge on any atom is -0.475 e. The van der Waals surface area contributed by atoms with Crippen LogP contribution in [0.3, 0.4) is 0 Å². The first kappa shape index (κ1) is 34.6. The quantitative estimate of drug-likeness (QED) is 0.338. The molecule has 14 heteroatoms. The van der Waals surface area contributed by atoms with Crippen LogP contribution in [0.5, 0.6) is 0 Å². The van der Waals surface area contributed by atoms with Gasteiger partial charge in [-0.25, -0.2) is 4.79 Å². The molecule has 2 aromatic rings. The predicted octanol–water partition coefficient (Wildman–Crippen LogP) is 4.13. The van der Waals surface area contributed by atoms with Gasteiger partial charge < -0.3 is 26.0 Å². The average molecular weight is 605 g/mol. The van der Waals surface area contributed by atoms with Gasteiger partial charge in [0.1, 0.15) is 0 Å². The molecule has 1 aliphatic carbocycles. The summed E-state index contributed by atoms with van der Waals surface area (Å²) in [4.78, 5) is 36.0. The summed E-state index contributed by atoms with van der Waals surface area (Å²) in [5.41, 5.74) is 1.30. The Kier molecular flexibility index (Phi) is 12.3. The van der Waals surface area contributed by atoms with Crippen molar-refractivity contribution >= 4 is 17.8 Å². The average Bonchev–Trinajstić information content (AvgIpc) is 2.91. The Morgan fingerprint density at radius 2 is 1.57 bits per heavy atom. The van der Waals surface area contributed by atoms with E-state index in [0.717, 1.165) is 37.0 Å². The number of alkyl halides is 6. The summed E-state index contributed by atoms with van der Waals surface area (Å²) in [7, 11) is 4.09. The highest BCUT2D eigenvalue weighted by Crippen LogP contribution is 2.29. The molecule has 3 unspecified atom stereocenters. The van der Waals surface area contributed by atoms with Crippen LogP contribution >= 0.6 is 0 Å². The number of halogens is 6. The lowest BCUT2D eigenvalue weighted by molar-refractivity contribution is -0.192. The molecule has 3 rings (SSSR count). The van der Waals surface area contributed by atoms with Crippen LogP contribution in [0.1, 0.15) is 46.3 Å². The molecule has 0 radical (unpaired) electrons. The molecule has 0 bridgehead atoms. The van der Waals surface area contributed by atoms with Gasteiger partial charge in [0.05, 0.1) is 12.1 Å². The number of aryl methyl sites for hydroxylation is 1. The number of nitrogens with one attached hydrogen (secondary N) is 3. The Morgan fingerprint density at radius 3 is 2.12 bits per heavy atom. The number of amides is 2. The molecule has 1 fully saturated rings. The SMILES string of the molecule is Cc1ccc(CNC2CC(N(C)C)CCC2NC(=O)CNC(=O)c2cccc(C(F)(F)F)c2)cc1.O=C(O)C(F)(F)F. The summed E-state index contributed by atoms with van der Waals surface area (Å²) >= 11 is 0. The molecule has 42 heavy (non-hydrogen) atoms. The maximum atomic E-state index is 12.9. The minimum absolute atomic E-state index is 0.0422. The van der Waals surface area contributed by atoms with Crippen molar-refractivity contribution in [1.82, 2.24) is 20.9 Å². The smallest absolute Gasteiger partial charge is 0.475 e. The highest BCUT2D eigenvalue weighted by molar-refractivity contribution is 5.96. The second-order valence-corrected chi connectivity index (χ2v) is 10.1. The molecule has 0 aliphatic heterocycles. The van der Waals surface area contributed by atoms with Crippen molar-refractivity contribution in [3.8, 4) is 0 Å². The van der Waals surface area contributed by atoms with Crippen molar-refractivity contribution in [2.75, 3.05) is 20.6 Å². The number of hydrogen-bond acceptors (Lipinski definition) is 5. The van der Waals surface area contributed by atoms with E-state index < -0.39 is 29.8 Å². The third-order valence-electron chi connectivity index (χ3n) is 6.69. The number of carbonyl (C=O) groups excluding carboxylic acids is 2. The van der Waals surface area contributed by atoms with Crippen molar-refractivity contribution in [2.24, 2.45) is 0 Å². The summed E-state index contributed by atoms with van der Waals surface area (Å²) in [6.45, 7) is 2.40. The van der Waals surface area contributed by atoms with E-state index in [1.165, 1.54) is 17.7 Å². The second kappa shape index (κ2) is 15.0. The van der Waals surface area contributed by atoms with Gasteiger partial charge in [-0.15, -0.1) is 0 Å². The fraction of sp³-hybridized carbons (Fsp3) is 0.464. The minimum atomic E-state index is -5.08. The molecular formula is C28H34F6N4O4. The van der Waals surface area contributed by atoms with E-state index in [0.29, 0.717) is 12.6 Å². The van der Waals surface area contributed by atoms with Crippen LogP contribution in [-0.2, 0) is 22.3 Å². The Morgan fingerprint density at radius 1 is 0.952 bits per heavy atom. The molecule has 4 N–H and O–H groups in total. The van der Waals surface area contributed by atoms with Crippen molar-refractivity contribution in [3.63, 3.8) is 0 Å². The lowest BCUT2D eigenvalue weighted by Crippen LogP contribution is -2.56. The van der Waals surface area contributed by atoms with E-state index >= 15 is 0 Å². The second-order valence-electron chi connectivity index (χ2n) is 10.1. The van der Waals surface area contributed by atoms with Crippen LogP contribution in [0.25, 0.3) is 0 Å². The Hall–Kier alpha value is -3.65. The van der Waals surface area contributed by atoms with Crippen LogP contribution < -0.4 is 16.0 Å². The fourth-order valence-corrected chi connectivity index (χ4v) is 4.33. The van der Waals surface area contributed by atoms with Gasteiger partial charge in [-0.2, -0.15) is 26.3 Å². The molecule has 0 aromatic heterocycles. The van der Waals surface area contributed by atoms with Gasteiger partial charge >= 0.3 is 18.3 Å². The lowest BCUT2D eigenvalue weighted by atomic mass is 9.85. The van der Waals surface area contributed by atoms with Gasteiger partial charge in [0.25, 0.3) is 5.91 Å². The number of carboxylic acid groups (broad SMARTS) is 1. The van der Waals surface area contributed by atoms with Crippen molar-refractivity contribution in [1.29, 1.82) is 0 Å². The van der Waals surface area contributed by atoms with Gasteiger partial charge in [0.15, 0.2) is 0 Å². The zero-order chi connectivity index (χ0) is 31.7. The van der Waals surface area contributed by atoms with Crippen molar-refractivity contribution in [3.05, 3.63) is 70.8 Å². The Balaban J connectivity index is 0.000000782. The van der Waals surface area contributed by atoms with Gasteiger partial charge in [0.2, 0.25) is 5.91 Å². The molecule has 1 aliphatic rings. The first-order chi connectivity index (χ1) is 19.5. The molecule has 0 saturated heterocycles. The first-order valence-corrected chi connectivity index (χ1v) is 13.0. The number of aliphatic carboxylic acids is 1. The third-order valence-corrected chi connectivity index (χ3v) is 6.69. The van der Waals surface area contributed by atoms with E-state index in [9.17, 15) is 35.9 Å². The molecule has 3 atom stereocenters. The van der Waals surface area contributed by atoms with E-state index in [1.54, 1.807) is 0 Å². The maximum absolute atomic E-state index is 12.9. The van der Waals surface area contributed by atoms with E-state index in [4.69, 9.17) is 9.90 Å². The molecule has 2 aromatic carbocycles. The summed E-state index contributed by atoms with van der Waals surface area (Å²) < 4.78 is 70.4. The number of carboxylic acids is 1. The van der Waals surface area contributed by atoms with Crippen molar-refractivity contribution in [2.45, 2.75) is 63.2 Å². The van der Waals surface area contributed by atoms with Crippen LogP contribution in [0.4, 0.5) is 26.3 Å². The van der Waals surface area contributed by atoms with Crippen LogP contribution in [-0.4, -0.2) is 72.7 Å². The first-order valence-electron chi connectivity index (χ1n) is 13.0. The summed E-state index contributed by atoms with van der Waals surface area (Å²) in [6.07, 6.45) is -7.06. The van der Waals surface area contributed by atoms with Crippen LogP contribution in [0.2, 0.25) is 0 Å².